The monoisotopic (exact) mass is 236 g/mol. The van der Waals surface area contributed by atoms with Crippen LogP contribution in [0.2, 0.25) is 0 Å². The maximum atomic E-state index is 3.79. The number of piperazine rings is 1. The minimum Gasteiger partial charge on any atom is -0.311 e. The molecule has 0 aromatic heterocycles. The summed E-state index contributed by atoms with van der Waals surface area (Å²) in [5, 5.41) is 3.79. The summed E-state index contributed by atoms with van der Waals surface area (Å²) < 4.78 is 0. The van der Waals surface area contributed by atoms with Crippen LogP contribution < -0.4 is 5.32 Å². The Morgan fingerprint density at radius 2 is 1.82 bits per heavy atom. The lowest BCUT2D eigenvalue weighted by Gasteiger charge is -2.42. The van der Waals surface area contributed by atoms with Crippen LogP contribution in [0.1, 0.15) is 51.9 Å². The molecule has 2 saturated carbocycles. The third kappa shape index (κ3) is 2.85. The van der Waals surface area contributed by atoms with E-state index >= 15 is 0 Å². The Balaban J connectivity index is 1.54. The first-order valence-electron chi connectivity index (χ1n) is 7.82. The minimum atomic E-state index is 0.797. The van der Waals surface area contributed by atoms with Crippen molar-refractivity contribution in [3.05, 3.63) is 0 Å². The molecule has 1 N–H and O–H groups in total. The van der Waals surface area contributed by atoms with Gasteiger partial charge in [-0.25, -0.2) is 0 Å². The maximum absolute atomic E-state index is 3.79. The predicted molar refractivity (Wildman–Crippen MR) is 72.1 cm³/mol. The van der Waals surface area contributed by atoms with Gasteiger partial charge in [-0.1, -0.05) is 19.3 Å². The molecule has 0 aromatic carbocycles. The molecule has 2 nitrogen and oxygen atoms in total. The largest absolute Gasteiger partial charge is 0.311 e. The van der Waals surface area contributed by atoms with Crippen LogP contribution in [-0.4, -0.2) is 36.6 Å². The van der Waals surface area contributed by atoms with Crippen LogP contribution in [-0.2, 0) is 0 Å². The first-order chi connectivity index (χ1) is 8.34. The standard InChI is InChI=1S/C15H28N2/c1-12(13-7-8-13)17-10-9-16-15(11-17)14-5-3-2-4-6-14/h12-16H,2-11H2,1H3. The van der Waals surface area contributed by atoms with Gasteiger partial charge in [0.25, 0.3) is 0 Å². The van der Waals surface area contributed by atoms with E-state index in [4.69, 9.17) is 0 Å². The first-order valence-corrected chi connectivity index (χ1v) is 7.82. The molecule has 0 bridgehead atoms. The van der Waals surface area contributed by atoms with E-state index in [2.05, 4.69) is 17.1 Å². The Kier molecular flexibility index (Phi) is 3.72. The Hall–Kier alpha value is -0.0800. The Bertz CT molecular complexity index is 243. The van der Waals surface area contributed by atoms with Crippen molar-refractivity contribution in [2.75, 3.05) is 19.6 Å². The van der Waals surface area contributed by atoms with Gasteiger partial charge < -0.3 is 5.32 Å². The fourth-order valence-electron chi connectivity index (χ4n) is 3.90. The molecule has 0 radical (unpaired) electrons. The quantitative estimate of drug-likeness (QED) is 0.810. The van der Waals surface area contributed by atoms with Gasteiger partial charge in [0, 0.05) is 31.7 Å². The van der Waals surface area contributed by atoms with Gasteiger partial charge in [0.2, 0.25) is 0 Å². The lowest BCUT2D eigenvalue weighted by atomic mass is 9.83. The van der Waals surface area contributed by atoms with Crippen LogP contribution in [0.4, 0.5) is 0 Å². The Morgan fingerprint density at radius 3 is 2.53 bits per heavy atom. The second kappa shape index (κ2) is 5.27. The summed E-state index contributed by atoms with van der Waals surface area (Å²) >= 11 is 0. The molecule has 3 aliphatic rings. The smallest absolute Gasteiger partial charge is 0.0223 e. The Labute approximate surface area is 106 Å². The van der Waals surface area contributed by atoms with E-state index in [1.807, 2.05) is 0 Å². The number of nitrogens with zero attached hydrogens (tertiary/aromatic N) is 1. The molecule has 2 atom stereocenters. The van der Waals surface area contributed by atoms with E-state index in [1.165, 1.54) is 64.6 Å². The summed E-state index contributed by atoms with van der Waals surface area (Å²) in [6, 6.07) is 1.65. The van der Waals surface area contributed by atoms with Gasteiger partial charge >= 0.3 is 0 Å². The molecule has 0 spiro atoms. The third-order valence-electron chi connectivity index (χ3n) is 5.34. The summed E-state index contributed by atoms with van der Waals surface area (Å²) in [5.74, 6) is 2.00. The summed E-state index contributed by atoms with van der Waals surface area (Å²) in [6.45, 7) is 6.28. The molecular formula is C15H28N2. The topological polar surface area (TPSA) is 15.3 Å². The SMILES string of the molecule is CC(C1CC1)N1CCNC(C2CCCCC2)C1. The van der Waals surface area contributed by atoms with E-state index in [0.29, 0.717) is 0 Å². The van der Waals surface area contributed by atoms with E-state index in [-0.39, 0.29) is 0 Å². The van der Waals surface area contributed by atoms with Gasteiger partial charge in [-0.15, -0.1) is 0 Å². The van der Waals surface area contributed by atoms with Crippen LogP contribution in [0.3, 0.4) is 0 Å². The molecule has 1 aliphatic heterocycles. The molecule has 1 heterocycles. The molecule has 0 amide bonds. The van der Waals surface area contributed by atoms with Gasteiger partial charge in [0.15, 0.2) is 0 Å². The number of rotatable bonds is 3. The highest BCUT2D eigenvalue weighted by atomic mass is 15.2. The minimum absolute atomic E-state index is 0.797. The van der Waals surface area contributed by atoms with Crippen molar-refractivity contribution in [1.29, 1.82) is 0 Å². The van der Waals surface area contributed by atoms with Crippen LogP contribution >= 0.6 is 0 Å². The normalized spacial score (nSPS) is 34.8. The second-order valence-electron chi connectivity index (χ2n) is 6.53. The molecule has 2 unspecified atom stereocenters. The van der Waals surface area contributed by atoms with Crippen LogP contribution in [0.25, 0.3) is 0 Å². The Morgan fingerprint density at radius 1 is 1.06 bits per heavy atom. The van der Waals surface area contributed by atoms with Crippen molar-refractivity contribution in [2.24, 2.45) is 11.8 Å². The highest BCUT2D eigenvalue weighted by Gasteiger charge is 2.35. The molecule has 98 valence electrons. The lowest BCUT2D eigenvalue weighted by molar-refractivity contribution is 0.105. The van der Waals surface area contributed by atoms with Crippen molar-refractivity contribution < 1.29 is 0 Å². The van der Waals surface area contributed by atoms with E-state index in [9.17, 15) is 0 Å². The molecule has 3 rings (SSSR count). The third-order valence-corrected chi connectivity index (χ3v) is 5.34. The second-order valence-corrected chi connectivity index (χ2v) is 6.53. The highest BCUT2D eigenvalue weighted by Crippen LogP contribution is 2.36. The molecule has 2 heteroatoms. The average molecular weight is 236 g/mol. The van der Waals surface area contributed by atoms with Crippen LogP contribution in [0.15, 0.2) is 0 Å². The van der Waals surface area contributed by atoms with E-state index < -0.39 is 0 Å². The van der Waals surface area contributed by atoms with Crippen molar-refractivity contribution in [3.63, 3.8) is 0 Å². The number of hydrogen-bond acceptors (Lipinski definition) is 2. The predicted octanol–water partition coefficient (Wildman–Crippen LogP) is 2.64. The first kappa shape index (κ1) is 12.0. The van der Waals surface area contributed by atoms with Crippen molar-refractivity contribution in [2.45, 2.75) is 64.0 Å². The number of hydrogen-bond donors (Lipinski definition) is 1. The fraction of sp³-hybridized carbons (Fsp3) is 1.00. The summed E-state index contributed by atoms with van der Waals surface area (Å²) in [4.78, 5) is 2.77. The number of nitrogens with one attached hydrogen (secondary N) is 1. The zero-order valence-electron chi connectivity index (χ0n) is 11.3. The van der Waals surface area contributed by atoms with Crippen molar-refractivity contribution in [3.8, 4) is 0 Å². The summed E-state index contributed by atoms with van der Waals surface area (Å²) in [5.41, 5.74) is 0. The molecule has 3 fully saturated rings. The zero-order chi connectivity index (χ0) is 11.7. The van der Waals surface area contributed by atoms with Crippen molar-refractivity contribution in [1.82, 2.24) is 10.2 Å². The highest BCUT2D eigenvalue weighted by molar-refractivity contribution is 4.92. The fourth-order valence-corrected chi connectivity index (χ4v) is 3.90. The average Bonchev–Trinajstić information content (AvgIpc) is 3.23. The molecule has 0 aromatic rings. The van der Waals surface area contributed by atoms with Gasteiger partial charge in [-0.2, -0.15) is 0 Å². The van der Waals surface area contributed by atoms with Gasteiger partial charge in [0.05, 0.1) is 0 Å². The molecule has 17 heavy (non-hydrogen) atoms. The van der Waals surface area contributed by atoms with Crippen LogP contribution in [0, 0.1) is 11.8 Å². The van der Waals surface area contributed by atoms with Crippen LogP contribution in [0.5, 0.6) is 0 Å². The van der Waals surface area contributed by atoms with Crippen molar-refractivity contribution >= 4 is 0 Å². The zero-order valence-corrected chi connectivity index (χ0v) is 11.3. The van der Waals surface area contributed by atoms with Gasteiger partial charge in [-0.3, -0.25) is 4.90 Å². The molecular weight excluding hydrogens is 208 g/mol. The van der Waals surface area contributed by atoms with Gasteiger partial charge in [-0.05, 0) is 44.4 Å². The molecule has 1 saturated heterocycles. The van der Waals surface area contributed by atoms with Gasteiger partial charge in [0.1, 0.15) is 0 Å². The van der Waals surface area contributed by atoms with E-state index in [0.717, 1.165) is 23.9 Å². The maximum Gasteiger partial charge on any atom is 0.0223 e. The molecule has 2 aliphatic carbocycles. The summed E-state index contributed by atoms with van der Waals surface area (Å²) in [7, 11) is 0. The lowest BCUT2D eigenvalue weighted by Crippen LogP contribution is -2.56. The van der Waals surface area contributed by atoms with E-state index in [1.54, 1.807) is 0 Å². The summed E-state index contributed by atoms with van der Waals surface area (Å²) in [6.07, 6.45) is 10.3.